The zero-order valence-corrected chi connectivity index (χ0v) is 15.0. The van der Waals surface area contributed by atoms with Gasteiger partial charge in [0.05, 0.1) is 11.1 Å². The summed E-state index contributed by atoms with van der Waals surface area (Å²) < 4.78 is 27.6. The molecule has 0 N–H and O–H groups in total. The van der Waals surface area contributed by atoms with E-state index in [2.05, 4.69) is 32.5 Å². The maximum absolute atomic E-state index is 12.9. The molecule has 118 valence electrons. The predicted octanol–water partition coefficient (Wildman–Crippen LogP) is 3.77. The van der Waals surface area contributed by atoms with E-state index in [-0.39, 0.29) is 10.5 Å². The Bertz CT molecular complexity index is 1020. The third kappa shape index (κ3) is 2.70. The third-order valence-electron chi connectivity index (χ3n) is 3.47. The van der Waals surface area contributed by atoms with E-state index >= 15 is 0 Å². The number of fused-ring (bicyclic) bond motifs is 1. The molecule has 0 saturated heterocycles. The molecule has 7 heteroatoms. The number of halogens is 1. The van der Waals surface area contributed by atoms with E-state index in [0.717, 1.165) is 15.1 Å². The Kier molecular flexibility index (Phi) is 3.85. The summed E-state index contributed by atoms with van der Waals surface area (Å²) in [6.45, 7) is 7.61. The van der Waals surface area contributed by atoms with Crippen molar-refractivity contribution >= 4 is 42.7 Å². The molecule has 0 aliphatic heterocycles. The molecule has 2 aromatic heterocycles. The van der Waals surface area contributed by atoms with E-state index in [1.807, 2.05) is 6.92 Å². The minimum atomic E-state index is -3.75. The predicted molar refractivity (Wildman–Crippen MR) is 93.7 cm³/mol. The number of nitrogens with zero attached hydrogens (tertiary/aromatic N) is 3. The minimum Gasteiger partial charge on any atom is -0.235 e. The van der Waals surface area contributed by atoms with Crippen molar-refractivity contribution in [2.24, 2.45) is 0 Å². The number of benzene rings is 1. The fourth-order valence-electron chi connectivity index (χ4n) is 2.26. The van der Waals surface area contributed by atoms with Crippen molar-refractivity contribution in [2.75, 3.05) is 0 Å². The van der Waals surface area contributed by atoms with Gasteiger partial charge in [0.2, 0.25) is 0 Å². The van der Waals surface area contributed by atoms with Crippen molar-refractivity contribution in [3.05, 3.63) is 59.0 Å². The van der Waals surface area contributed by atoms with Crippen LogP contribution in [-0.2, 0) is 10.0 Å². The molecular formula is C16H14BrN3O2S. The van der Waals surface area contributed by atoms with Crippen LogP contribution in [0.5, 0.6) is 0 Å². The first-order chi connectivity index (χ1) is 10.8. The molecule has 0 bridgehead atoms. The molecule has 0 fully saturated rings. The molecule has 0 aliphatic rings. The number of rotatable bonds is 3. The molecule has 1 aromatic carbocycles. The van der Waals surface area contributed by atoms with Gasteiger partial charge in [0.15, 0.2) is 5.65 Å². The summed E-state index contributed by atoms with van der Waals surface area (Å²) in [6.07, 6.45) is 3.00. The monoisotopic (exact) mass is 391 g/mol. The van der Waals surface area contributed by atoms with E-state index in [9.17, 15) is 8.42 Å². The van der Waals surface area contributed by atoms with Crippen molar-refractivity contribution in [1.82, 2.24) is 13.9 Å². The average Bonchev–Trinajstić information content (AvgIpc) is 2.87. The van der Waals surface area contributed by atoms with Gasteiger partial charge >= 0.3 is 0 Å². The standard InChI is InChI=1S/C16H14BrN3O2S/c1-10(2)13-9-20(16-15(13)19-14(17)8-18-16)23(21,22)12-6-4-11(3)5-7-12/h4-9H,1H2,2-3H3. The number of hydrogen-bond acceptors (Lipinski definition) is 4. The van der Waals surface area contributed by atoms with Crippen LogP contribution in [0, 0.1) is 6.92 Å². The van der Waals surface area contributed by atoms with Crippen molar-refractivity contribution in [2.45, 2.75) is 18.7 Å². The van der Waals surface area contributed by atoms with Gasteiger partial charge in [-0.25, -0.2) is 22.4 Å². The Morgan fingerprint density at radius 3 is 2.52 bits per heavy atom. The highest BCUT2D eigenvalue weighted by molar-refractivity contribution is 9.10. The highest BCUT2D eigenvalue weighted by Gasteiger charge is 2.23. The molecule has 0 unspecified atom stereocenters. The Hall–Kier alpha value is -1.99. The third-order valence-corrected chi connectivity index (χ3v) is 5.52. The van der Waals surface area contributed by atoms with Crippen molar-refractivity contribution < 1.29 is 8.42 Å². The molecule has 5 nitrogen and oxygen atoms in total. The maximum Gasteiger partial charge on any atom is 0.269 e. The quantitative estimate of drug-likeness (QED) is 0.681. The molecule has 2 heterocycles. The Labute approximate surface area is 142 Å². The molecule has 0 spiro atoms. The van der Waals surface area contributed by atoms with Crippen LogP contribution in [0.2, 0.25) is 0 Å². The van der Waals surface area contributed by atoms with Crippen LogP contribution in [0.25, 0.3) is 16.7 Å². The number of hydrogen-bond donors (Lipinski definition) is 0. The van der Waals surface area contributed by atoms with Crippen molar-refractivity contribution in [3.8, 4) is 0 Å². The lowest BCUT2D eigenvalue weighted by Crippen LogP contribution is -2.12. The summed E-state index contributed by atoms with van der Waals surface area (Å²) in [5.74, 6) is 0. The molecule has 0 saturated carbocycles. The first kappa shape index (κ1) is 15.9. The van der Waals surface area contributed by atoms with E-state index in [1.165, 1.54) is 12.4 Å². The molecular weight excluding hydrogens is 378 g/mol. The smallest absolute Gasteiger partial charge is 0.235 e. The molecule has 0 radical (unpaired) electrons. The lowest BCUT2D eigenvalue weighted by molar-refractivity contribution is 0.588. The molecule has 3 rings (SSSR count). The second-order valence-corrected chi connectivity index (χ2v) is 7.93. The Morgan fingerprint density at radius 1 is 1.26 bits per heavy atom. The zero-order chi connectivity index (χ0) is 16.8. The lowest BCUT2D eigenvalue weighted by Gasteiger charge is -2.07. The molecule has 3 aromatic rings. The van der Waals surface area contributed by atoms with Gasteiger partial charge < -0.3 is 0 Å². The first-order valence-electron chi connectivity index (χ1n) is 6.82. The van der Waals surface area contributed by atoms with Gasteiger partial charge in [0, 0.05) is 11.8 Å². The van der Waals surface area contributed by atoms with Crippen LogP contribution >= 0.6 is 15.9 Å². The average molecular weight is 392 g/mol. The van der Waals surface area contributed by atoms with E-state index in [4.69, 9.17) is 0 Å². The fraction of sp³-hybridized carbons (Fsp3) is 0.125. The normalized spacial score (nSPS) is 11.8. The maximum atomic E-state index is 12.9. The van der Waals surface area contributed by atoms with Gasteiger partial charge in [-0.1, -0.05) is 24.3 Å². The van der Waals surface area contributed by atoms with Crippen molar-refractivity contribution in [1.29, 1.82) is 0 Å². The van der Waals surface area contributed by atoms with Crippen molar-refractivity contribution in [3.63, 3.8) is 0 Å². The van der Waals surface area contributed by atoms with E-state index in [0.29, 0.717) is 15.7 Å². The fourth-order valence-corrected chi connectivity index (χ4v) is 3.85. The summed E-state index contributed by atoms with van der Waals surface area (Å²) in [7, 11) is -3.75. The number of allylic oxidation sites excluding steroid dienone is 1. The second-order valence-electron chi connectivity index (χ2n) is 5.30. The van der Waals surface area contributed by atoms with E-state index in [1.54, 1.807) is 31.2 Å². The molecule has 0 atom stereocenters. The van der Waals surface area contributed by atoms with Crippen LogP contribution in [0.3, 0.4) is 0 Å². The molecule has 0 aliphatic carbocycles. The topological polar surface area (TPSA) is 64.8 Å². The SMILES string of the molecule is C=C(C)c1cn(S(=O)(=O)c2ccc(C)cc2)c2ncc(Br)nc12. The molecule has 0 amide bonds. The van der Waals surface area contributed by atoms with Gasteiger partial charge in [0.25, 0.3) is 10.0 Å². The van der Waals surface area contributed by atoms with Gasteiger partial charge in [-0.2, -0.15) is 0 Å². The van der Waals surface area contributed by atoms with E-state index < -0.39 is 10.0 Å². The lowest BCUT2D eigenvalue weighted by atomic mass is 10.2. The van der Waals surface area contributed by atoms with Gasteiger partial charge in [-0.3, -0.25) is 0 Å². The van der Waals surface area contributed by atoms with Gasteiger partial charge in [-0.15, -0.1) is 0 Å². The largest absolute Gasteiger partial charge is 0.269 e. The Morgan fingerprint density at radius 2 is 1.91 bits per heavy atom. The van der Waals surface area contributed by atoms with Gasteiger partial charge in [-0.05, 0) is 47.5 Å². The first-order valence-corrected chi connectivity index (χ1v) is 9.06. The summed E-state index contributed by atoms with van der Waals surface area (Å²) in [4.78, 5) is 8.78. The summed E-state index contributed by atoms with van der Waals surface area (Å²) in [6, 6.07) is 6.70. The van der Waals surface area contributed by atoms with Gasteiger partial charge in [0.1, 0.15) is 10.1 Å². The van der Waals surface area contributed by atoms with Crippen LogP contribution in [0.15, 0.2) is 52.7 Å². The Balaban J connectivity index is 2.31. The van der Waals surface area contributed by atoms with Crippen LogP contribution < -0.4 is 0 Å². The van der Waals surface area contributed by atoms with Crippen LogP contribution in [-0.4, -0.2) is 22.4 Å². The number of aryl methyl sites for hydroxylation is 1. The summed E-state index contributed by atoms with van der Waals surface area (Å²) >= 11 is 3.27. The summed E-state index contributed by atoms with van der Waals surface area (Å²) in [5.41, 5.74) is 3.16. The highest BCUT2D eigenvalue weighted by Crippen LogP contribution is 2.28. The highest BCUT2D eigenvalue weighted by atomic mass is 79.9. The summed E-state index contributed by atoms with van der Waals surface area (Å²) in [5, 5.41) is 0. The molecule has 23 heavy (non-hydrogen) atoms. The van der Waals surface area contributed by atoms with Crippen LogP contribution in [0.4, 0.5) is 0 Å². The minimum absolute atomic E-state index is 0.206. The number of aromatic nitrogens is 3. The second kappa shape index (κ2) is 5.58. The van der Waals surface area contributed by atoms with Crippen LogP contribution in [0.1, 0.15) is 18.1 Å². The zero-order valence-electron chi connectivity index (χ0n) is 12.6.